The van der Waals surface area contributed by atoms with Crippen molar-refractivity contribution in [1.29, 1.82) is 0 Å². The highest BCUT2D eigenvalue weighted by molar-refractivity contribution is 7.81. The Hall–Kier alpha value is -2.80. The van der Waals surface area contributed by atoms with Crippen LogP contribution in [0.2, 0.25) is 0 Å². The summed E-state index contributed by atoms with van der Waals surface area (Å²) < 4.78 is 0. The molecule has 2 rings (SSSR count). The molecule has 2 atom stereocenters. The van der Waals surface area contributed by atoms with E-state index in [0.29, 0.717) is 25.9 Å². The summed E-state index contributed by atoms with van der Waals surface area (Å²) in [7, 11) is 0. The van der Waals surface area contributed by atoms with E-state index in [0.717, 1.165) is 11.1 Å². The van der Waals surface area contributed by atoms with Crippen molar-refractivity contribution in [2.75, 3.05) is 13.1 Å². The minimum absolute atomic E-state index is 0.408. The quantitative estimate of drug-likeness (QED) is 0.408. The van der Waals surface area contributed by atoms with E-state index in [2.05, 4.69) is 17.9 Å². The van der Waals surface area contributed by atoms with Crippen LogP contribution in [-0.2, 0) is 27.2 Å². The molecule has 3 N–H and O–H groups in total. The Labute approximate surface area is 176 Å². The zero-order chi connectivity index (χ0) is 21.2. The van der Waals surface area contributed by atoms with Gasteiger partial charge in [0.1, 0.15) is 0 Å². The molecule has 0 spiro atoms. The number of primary amides is 1. The average Bonchev–Trinajstić information content (AvgIpc) is 2.72. The molecule has 0 radical (unpaired) electrons. The maximum Gasteiger partial charge on any atom is 0.254 e. The fourth-order valence-electron chi connectivity index (χ4n) is 2.85. The molecule has 0 aliphatic carbocycles. The van der Waals surface area contributed by atoms with Gasteiger partial charge in [0.15, 0.2) is 6.04 Å². The van der Waals surface area contributed by atoms with Gasteiger partial charge in [0.25, 0.3) is 5.91 Å². The Bertz CT molecular complexity index is 769. The molecule has 7 heteroatoms. The number of carbonyl (C=O) groups excluding carboxylic acids is 3. The van der Waals surface area contributed by atoms with Crippen molar-refractivity contribution in [1.82, 2.24) is 10.2 Å². The van der Waals surface area contributed by atoms with Gasteiger partial charge in [-0.2, -0.15) is 12.6 Å². The second-order valence-corrected chi connectivity index (χ2v) is 7.59. The van der Waals surface area contributed by atoms with Crippen LogP contribution in [0.4, 0.5) is 0 Å². The molecular weight excluding hydrogens is 386 g/mol. The Balaban J connectivity index is 2.14. The lowest BCUT2D eigenvalue weighted by molar-refractivity contribution is -0.141. The van der Waals surface area contributed by atoms with E-state index in [1.54, 1.807) is 11.8 Å². The minimum atomic E-state index is -1.41. The molecule has 154 valence electrons. The molecule has 0 bridgehead atoms. The van der Waals surface area contributed by atoms with Crippen LogP contribution in [0, 0.1) is 0 Å². The standard InChI is InChI=1S/C22H27N3O3S/c1-16(29)21(27)24-19(20(23)26)22(28)25(14-12-17-8-4-2-5-9-17)15-13-18-10-6-3-7-11-18/h2-11,16,19,29H,12-15H2,1H3,(H2,23,26)(H,24,27)/t16-,19?/m0/s1. The van der Waals surface area contributed by atoms with Crippen molar-refractivity contribution in [2.45, 2.75) is 31.1 Å². The van der Waals surface area contributed by atoms with E-state index < -0.39 is 29.0 Å². The highest BCUT2D eigenvalue weighted by atomic mass is 32.1. The van der Waals surface area contributed by atoms with Crippen molar-refractivity contribution in [3.05, 3.63) is 71.8 Å². The van der Waals surface area contributed by atoms with Crippen LogP contribution in [-0.4, -0.2) is 47.0 Å². The maximum atomic E-state index is 13.1. The first-order chi connectivity index (χ1) is 13.9. The molecule has 29 heavy (non-hydrogen) atoms. The molecule has 2 aromatic rings. The van der Waals surface area contributed by atoms with Gasteiger partial charge in [0.2, 0.25) is 11.8 Å². The second-order valence-electron chi connectivity index (χ2n) is 6.82. The Morgan fingerprint density at radius 2 is 1.38 bits per heavy atom. The zero-order valence-corrected chi connectivity index (χ0v) is 17.3. The molecule has 6 nitrogen and oxygen atoms in total. The Morgan fingerprint density at radius 1 is 0.931 bits per heavy atom. The Morgan fingerprint density at radius 3 is 1.76 bits per heavy atom. The first-order valence-corrected chi connectivity index (χ1v) is 10.0. The van der Waals surface area contributed by atoms with Crippen molar-refractivity contribution in [3.8, 4) is 0 Å². The lowest BCUT2D eigenvalue weighted by atomic mass is 10.1. The summed E-state index contributed by atoms with van der Waals surface area (Å²) in [4.78, 5) is 38.5. The third kappa shape index (κ3) is 7.27. The monoisotopic (exact) mass is 413 g/mol. The van der Waals surface area contributed by atoms with Crippen LogP contribution >= 0.6 is 12.6 Å². The molecule has 2 aromatic carbocycles. The summed E-state index contributed by atoms with van der Waals surface area (Å²) in [6.45, 7) is 2.38. The number of carbonyl (C=O) groups is 3. The summed E-state index contributed by atoms with van der Waals surface area (Å²) in [6.07, 6.45) is 1.26. The number of thiol groups is 1. The number of nitrogens with two attached hydrogens (primary N) is 1. The van der Waals surface area contributed by atoms with Crippen LogP contribution < -0.4 is 11.1 Å². The number of hydrogen-bond acceptors (Lipinski definition) is 4. The van der Waals surface area contributed by atoms with E-state index in [9.17, 15) is 14.4 Å². The van der Waals surface area contributed by atoms with Crippen molar-refractivity contribution in [3.63, 3.8) is 0 Å². The van der Waals surface area contributed by atoms with Crippen molar-refractivity contribution >= 4 is 30.4 Å². The summed E-state index contributed by atoms with van der Waals surface area (Å²) in [6, 6.07) is 18.1. The van der Waals surface area contributed by atoms with E-state index in [4.69, 9.17) is 5.73 Å². The maximum absolute atomic E-state index is 13.1. The van der Waals surface area contributed by atoms with Crippen molar-refractivity contribution in [2.24, 2.45) is 5.73 Å². The lowest BCUT2D eigenvalue weighted by Gasteiger charge is -2.27. The van der Waals surface area contributed by atoms with E-state index >= 15 is 0 Å². The van der Waals surface area contributed by atoms with Crippen LogP contribution in [0.3, 0.4) is 0 Å². The first-order valence-electron chi connectivity index (χ1n) is 9.53. The second kappa shape index (κ2) is 11.3. The van der Waals surface area contributed by atoms with E-state index in [1.807, 2.05) is 60.7 Å². The lowest BCUT2D eigenvalue weighted by Crippen LogP contribution is -2.56. The van der Waals surface area contributed by atoms with Gasteiger partial charge in [-0.15, -0.1) is 0 Å². The summed E-state index contributed by atoms with van der Waals surface area (Å²) in [5.41, 5.74) is 7.57. The van der Waals surface area contributed by atoms with Crippen molar-refractivity contribution < 1.29 is 14.4 Å². The van der Waals surface area contributed by atoms with E-state index in [-0.39, 0.29) is 0 Å². The van der Waals surface area contributed by atoms with Gasteiger partial charge in [0.05, 0.1) is 5.25 Å². The molecule has 0 heterocycles. The Kier molecular flexibility index (Phi) is 8.73. The molecule has 0 fully saturated rings. The number of benzene rings is 2. The predicted octanol–water partition coefficient (Wildman–Crippen LogP) is 1.59. The zero-order valence-electron chi connectivity index (χ0n) is 16.5. The highest BCUT2D eigenvalue weighted by Crippen LogP contribution is 2.07. The van der Waals surface area contributed by atoms with Crippen LogP contribution in [0.1, 0.15) is 18.1 Å². The number of rotatable bonds is 10. The number of nitrogens with one attached hydrogen (secondary N) is 1. The van der Waals surface area contributed by atoms with Crippen LogP contribution in [0.5, 0.6) is 0 Å². The summed E-state index contributed by atoms with van der Waals surface area (Å²) >= 11 is 4.05. The topological polar surface area (TPSA) is 92.5 Å². The third-order valence-corrected chi connectivity index (χ3v) is 4.77. The van der Waals surface area contributed by atoms with Gasteiger partial charge in [-0.25, -0.2) is 0 Å². The minimum Gasteiger partial charge on any atom is -0.367 e. The molecule has 3 amide bonds. The smallest absolute Gasteiger partial charge is 0.254 e. The highest BCUT2D eigenvalue weighted by Gasteiger charge is 2.31. The summed E-state index contributed by atoms with van der Waals surface area (Å²) in [5.74, 6) is -1.91. The average molecular weight is 414 g/mol. The van der Waals surface area contributed by atoms with Crippen LogP contribution in [0.15, 0.2) is 60.7 Å². The number of nitrogens with zero attached hydrogens (tertiary/aromatic N) is 1. The number of amides is 3. The largest absolute Gasteiger partial charge is 0.367 e. The molecule has 0 aliphatic rings. The third-order valence-electron chi connectivity index (χ3n) is 4.54. The SMILES string of the molecule is C[C@H](S)C(=O)NC(C(N)=O)C(=O)N(CCc1ccccc1)CCc1ccccc1. The van der Waals surface area contributed by atoms with Gasteiger partial charge in [-0.1, -0.05) is 60.7 Å². The summed E-state index contributed by atoms with van der Waals surface area (Å²) in [5, 5.41) is 1.75. The van der Waals surface area contributed by atoms with Gasteiger partial charge < -0.3 is 16.0 Å². The van der Waals surface area contributed by atoms with Gasteiger partial charge >= 0.3 is 0 Å². The molecule has 0 saturated heterocycles. The molecule has 1 unspecified atom stereocenters. The van der Waals surface area contributed by atoms with Gasteiger partial charge in [0, 0.05) is 13.1 Å². The van der Waals surface area contributed by atoms with E-state index in [1.165, 1.54) is 0 Å². The predicted molar refractivity (Wildman–Crippen MR) is 116 cm³/mol. The number of hydrogen-bond donors (Lipinski definition) is 3. The molecule has 0 aromatic heterocycles. The molecular formula is C22H27N3O3S. The van der Waals surface area contributed by atoms with Gasteiger partial charge in [-0.05, 0) is 30.9 Å². The fraction of sp³-hybridized carbons (Fsp3) is 0.318. The first kappa shape index (κ1) is 22.5. The normalized spacial score (nSPS) is 12.6. The molecule has 0 saturated carbocycles. The van der Waals surface area contributed by atoms with Crippen LogP contribution in [0.25, 0.3) is 0 Å². The molecule has 0 aliphatic heterocycles. The van der Waals surface area contributed by atoms with Gasteiger partial charge in [-0.3, -0.25) is 14.4 Å². The fourth-order valence-corrected chi connectivity index (χ4v) is 2.92.